The van der Waals surface area contributed by atoms with Crippen LogP contribution in [0.4, 0.5) is 0 Å². The molecule has 2 aromatic heterocycles. The molecule has 2 aromatic carbocycles. The van der Waals surface area contributed by atoms with Gasteiger partial charge in [0.05, 0.1) is 17.7 Å². The van der Waals surface area contributed by atoms with E-state index in [0.29, 0.717) is 5.16 Å². The second kappa shape index (κ2) is 9.44. The minimum atomic E-state index is -0.213. The molecule has 0 saturated carbocycles. The van der Waals surface area contributed by atoms with Crippen molar-refractivity contribution in [2.45, 2.75) is 12.1 Å². The van der Waals surface area contributed by atoms with Gasteiger partial charge in [0.2, 0.25) is 0 Å². The summed E-state index contributed by atoms with van der Waals surface area (Å²) < 4.78 is 3.88. The molecule has 0 bridgehead atoms. The molecular weight excluding hydrogens is 408 g/mol. The number of aromatic nitrogens is 4. The lowest BCUT2D eigenvalue weighted by molar-refractivity contribution is -0.118. The average molecular weight is 431 g/mol. The fourth-order valence-corrected chi connectivity index (χ4v) is 3.75. The van der Waals surface area contributed by atoms with Crippen LogP contribution in [0.3, 0.4) is 0 Å². The van der Waals surface area contributed by atoms with Gasteiger partial charge in [-0.2, -0.15) is 5.10 Å². The van der Waals surface area contributed by atoms with Crippen molar-refractivity contribution in [3.8, 4) is 17.1 Å². The number of hydrazone groups is 1. The van der Waals surface area contributed by atoms with Gasteiger partial charge in [-0.1, -0.05) is 59.8 Å². The quantitative estimate of drug-likeness (QED) is 0.275. The zero-order chi connectivity index (χ0) is 21.6. The smallest absolute Gasteiger partial charge is 0.250 e. The van der Waals surface area contributed by atoms with Crippen LogP contribution >= 0.6 is 11.8 Å². The van der Waals surface area contributed by atoms with E-state index >= 15 is 0 Å². The number of para-hydroxylation sites is 1. The molecule has 0 radical (unpaired) electrons. The number of nitrogens with zero attached hydrogens (tertiary/aromatic N) is 5. The lowest BCUT2D eigenvalue weighted by Gasteiger charge is -2.10. The Balaban J connectivity index is 1.51. The molecular formula is C23H22N6OS. The van der Waals surface area contributed by atoms with Crippen LogP contribution in [0.2, 0.25) is 0 Å². The normalized spacial score (nSPS) is 11.2. The molecule has 0 saturated heterocycles. The summed E-state index contributed by atoms with van der Waals surface area (Å²) in [5.74, 6) is 0.689. The molecule has 4 aromatic rings. The first kappa shape index (κ1) is 20.6. The van der Waals surface area contributed by atoms with Crippen LogP contribution < -0.4 is 5.43 Å². The maximum Gasteiger partial charge on any atom is 0.250 e. The molecule has 1 N–H and O–H groups in total. The van der Waals surface area contributed by atoms with Crippen LogP contribution in [0.15, 0.2) is 83.2 Å². The van der Waals surface area contributed by atoms with Crippen molar-refractivity contribution in [3.05, 3.63) is 84.2 Å². The summed E-state index contributed by atoms with van der Waals surface area (Å²) >= 11 is 1.32. The number of amides is 1. The molecule has 7 nitrogen and oxygen atoms in total. The highest BCUT2D eigenvalue weighted by atomic mass is 32.2. The van der Waals surface area contributed by atoms with Crippen LogP contribution in [0.5, 0.6) is 0 Å². The summed E-state index contributed by atoms with van der Waals surface area (Å²) in [5.41, 5.74) is 6.54. The largest absolute Gasteiger partial charge is 0.350 e. The molecule has 156 valence electrons. The Kier molecular flexibility index (Phi) is 6.28. The Morgan fingerprint density at radius 2 is 1.84 bits per heavy atom. The fourth-order valence-electron chi connectivity index (χ4n) is 3.00. The first-order valence-electron chi connectivity index (χ1n) is 9.76. The topological polar surface area (TPSA) is 77.1 Å². The molecule has 0 fully saturated rings. The Morgan fingerprint density at radius 3 is 2.55 bits per heavy atom. The standard InChI is InChI=1S/C23H22N6OS/c1-17-10-12-18(13-11-17)22-26-27-23(29(22)19-7-4-3-5-8-19)31-16-21(30)25-24-15-20-9-6-14-28(20)2/h3-15H,16H2,1-2H3,(H,25,30)/b24-15-. The predicted molar refractivity (Wildman–Crippen MR) is 123 cm³/mol. The summed E-state index contributed by atoms with van der Waals surface area (Å²) in [6.07, 6.45) is 3.53. The zero-order valence-corrected chi connectivity index (χ0v) is 18.1. The molecule has 4 rings (SSSR count). The highest BCUT2D eigenvalue weighted by Gasteiger charge is 2.17. The number of carbonyl (C=O) groups excluding carboxylic acids is 1. The van der Waals surface area contributed by atoms with Crippen LogP contribution in [-0.4, -0.2) is 37.2 Å². The first-order valence-corrected chi connectivity index (χ1v) is 10.7. The number of aryl methyl sites for hydroxylation is 2. The Hall–Kier alpha value is -3.65. The van der Waals surface area contributed by atoms with E-state index in [1.165, 1.54) is 17.3 Å². The summed E-state index contributed by atoms with van der Waals surface area (Å²) in [7, 11) is 1.92. The summed E-state index contributed by atoms with van der Waals surface area (Å²) in [6.45, 7) is 2.05. The molecule has 2 heterocycles. The minimum Gasteiger partial charge on any atom is -0.350 e. The second-order valence-electron chi connectivity index (χ2n) is 6.97. The number of carbonyl (C=O) groups is 1. The fraction of sp³-hybridized carbons (Fsp3) is 0.130. The lowest BCUT2D eigenvalue weighted by atomic mass is 10.1. The number of rotatable bonds is 7. The molecule has 0 spiro atoms. The number of nitrogens with one attached hydrogen (secondary N) is 1. The number of hydrogen-bond donors (Lipinski definition) is 1. The molecule has 0 aliphatic heterocycles. The highest BCUT2D eigenvalue weighted by molar-refractivity contribution is 7.99. The molecule has 8 heteroatoms. The van der Waals surface area contributed by atoms with Gasteiger partial charge in [-0.3, -0.25) is 9.36 Å². The van der Waals surface area contributed by atoms with Gasteiger partial charge < -0.3 is 4.57 Å². The van der Waals surface area contributed by atoms with Crippen LogP contribution in [0.1, 0.15) is 11.3 Å². The molecule has 0 aliphatic carbocycles. The monoisotopic (exact) mass is 430 g/mol. The van der Waals surface area contributed by atoms with E-state index in [0.717, 1.165) is 22.8 Å². The summed E-state index contributed by atoms with van der Waals surface area (Å²) in [4.78, 5) is 12.3. The van der Waals surface area contributed by atoms with Crippen molar-refractivity contribution in [1.29, 1.82) is 0 Å². The van der Waals surface area contributed by atoms with Gasteiger partial charge in [0, 0.05) is 24.5 Å². The van der Waals surface area contributed by atoms with E-state index in [-0.39, 0.29) is 11.7 Å². The van der Waals surface area contributed by atoms with Gasteiger partial charge in [0.15, 0.2) is 11.0 Å². The Labute approximate surface area is 184 Å². The maximum absolute atomic E-state index is 12.3. The first-order chi connectivity index (χ1) is 15.1. The third-order valence-corrected chi connectivity index (χ3v) is 5.59. The van der Waals surface area contributed by atoms with Crippen LogP contribution in [0, 0.1) is 6.92 Å². The van der Waals surface area contributed by atoms with Crippen molar-refractivity contribution in [3.63, 3.8) is 0 Å². The van der Waals surface area contributed by atoms with Crippen molar-refractivity contribution < 1.29 is 4.79 Å². The Bertz CT molecular complexity index is 1190. The van der Waals surface area contributed by atoms with Gasteiger partial charge in [0.25, 0.3) is 5.91 Å². The summed E-state index contributed by atoms with van der Waals surface area (Å²) in [6, 6.07) is 21.9. The van der Waals surface area contributed by atoms with E-state index in [4.69, 9.17) is 0 Å². The van der Waals surface area contributed by atoms with Crippen molar-refractivity contribution in [2.24, 2.45) is 12.1 Å². The van der Waals surface area contributed by atoms with E-state index in [2.05, 4.69) is 20.7 Å². The molecule has 0 aliphatic rings. The third-order valence-electron chi connectivity index (χ3n) is 4.66. The molecule has 0 unspecified atom stereocenters. The van der Waals surface area contributed by atoms with E-state index in [1.807, 2.05) is 96.0 Å². The minimum absolute atomic E-state index is 0.170. The van der Waals surface area contributed by atoms with E-state index < -0.39 is 0 Å². The van der Waals surface area contributed by atoms with Gasteiger partial charge in [-0.25, -0.2) is 5.43 Å². The van der Waals surface area contributed by atoms with Crippen molar-refractivity contribution in [1.82, 2.24) is 24.8 Å². The second-order valence-corrected chi connectivity index (χ2v) is 7.91. The Morgan fingerprint density at radius 1 is 1.06 bits per heavy atom. The lowest BCUT2D eigenvalue weighted by Crippen LogP contribution is -2.20. The van der Waals surface area contributed by atoms with Gasteiger partial charge >= 0.3 is 0 Å². The van der Waals surface area contributed by atoms with Gasteiger partial charge in [0.1, 0.15) is 0 Å². The zero-order valence-electron chi connectivity index (χ0n) is 17.3. The molecule has 1 amide bonds. The molecule has 31 heavy (non-hydrogen) atoms. The van der Waals surface area contributed by atoms with Crippen LogP contribution in [-0.2, 0) is 11.8 Å². The summed E-state index contributed by atoms with van der Waals surface area (Å²) in [5, 5.41) is 13.4. The molecule has 0 atom stereocenters. The predicted octanol–water partition coefficient (Wildman–Crippen LogP) is 3.82. The van der Waals surface area contributed by atoms with E-state index in [1.54, 1.807) is 6.21 Å². The van der Waals surface area contributed by atoms with Crippen molar-refractivity contribution >= 4 is 23.9 Å². The van der Waals surface area contributed by atoms with Gasteiger partial charge in [-0.05, 0) is 31.2 Å². The highest BCUT2D eigenvalue weighted by Crippen LogP contribution is 2.28. The number of hydrogen-bond acceptors (Lipinski definition) is 5. The number of thioether (sulfide) groups is 1. The maximum atomic E-state index is 12.3. The number of benzene rings is 2. The third kappa shape index (κ3) is 4.92. The SMILES string of the molecule is Cc1ccc(-c2nnc(SCC(=O)N/N=C\c3cccn3C)n2-c2ccccc2)cc1. The average Bonchev–Trinajstić information content (AvgIpc) is 3.39. The van der Waals surface area contributed by atoms with Gasteiger partial charge in [-0.15, -0.1) is 10.2 Å². The van der Waals surface area contributed by atoms with Crippen molar-refractivity contribution in [2.75, 3.05) is 5.75 Å². The van der Waals surface area contributed by atoms with Crippen LogP contribution in [0.25, 0.3) is 17.1 Å². The van der Waals surface area contributed by atoms with E-state index in [9.17, 15) is 4.79 Å².